The maximum absolute atomic E-state index is 13.0. The van der Waals surface area contributed by atoms with Crippen molar-refractivity contribution in [3.63, 3.8) is 0 Å². The summed E-state index contributed by atoms with van der Waals surface area (Å²) in [4.78, 5) is 12.4. The van der Waals surface area contributed by atoms with Crippen molar-refractivity contribution < 1.29 is 18.7 Å². The molecule has 18 heavy (non-hydrogen) atoms. The summed E-state index contributed by atoms with van der Waals surface area (Å²) in [5.74, 6) is -3.51. The quantitative estimate of drug-likeness (QED) is 0.897. The monoisotopic (exact) mass is 255 g/mol. The molecule has 0 amide bonds. The molecule has 0 unspecified atom stereocenters. The van der Waals surface area contributed by atoms with Gasteiger partial charge in [0.1, 0.15) is 0 Å². The molecule has 1 aliphatic rings. The molecule has 0 atom stereocenters. The van der Waals surface area contributed by atoms with Gasteiger partial charge in [-0.2, -0.15) is 0 Å². The van der Waals surface area contributed by atoms with E-state index in [1.807, 2.05) is 0 Å². The number of hydrogen-bond donors (Lipinski definition) is 1. The van der Waals surface area contributed by atoms with E-state index < -0.39 is 11.9 Å². The molecule has 0 bridgehead atoms. The van der Waals surface area contributed by atoms with Gasteiger partial charge in [-0.3, -0.25) is 4.90 Å². The van der Waals surface area contributed by atoms with Crippen molar-refractivity contribution in [2.75, 3.05) is 19.6 Å². The lowest BCUT2D eigenvalue weighted by atomic mass is 10.1. The number of carbonyl (C=O) groups is 1. The summed E-state index contributed by atoms with van der Waals surface area (Å²) in [5, 5.41) is 8.74. The van der Waals surface area contributed by atoms with E-state index in [4.69, 9.17) is 5.11 Å². The number of hydrogen-bond acceptors (Lipinski definition) is 2. The average molecular weight is 255 g/mol. The topological polar surface area (TPSA) is 40.5 Å². The number of nitrogens with zero attached hydrogens (tertiary/aromatic N) is 1. The Morgan fingerprint density at radius 2 is 2.00 bits per heavy atom. The van der Waals surface area contributed by atoms with E-state index in [9.17, 15) is 13.6 Å². The first-order valence-corrected chi connectivity index (χ1v) is 5.89. The maximum atomic E-state index is 13.0. The average Bonchev–Trinajstić information content (AvgIpc) is 2.67. The highest BCUT2D eigenvalue weighted by Crippen LogP contribution is 2.26. The van der Waals surface area contributed by atoms with Crippen LogP contribution in [0.15, 0.2) is 24.3 Å². The normalized spacial score (nSPS) is 19.0. The summed E-state index contributed by atoms with van der Waals surface area (Å²) in [5.41, 5.74) is 1.21. The molecule has 1 heterocycles. The predicted octanol–water partition coefficient (Wildman–Crippen LogP) is 2.27. The molecule has 3 nitrogen and oxygen atoms in total. The Labute approximate surface area is 104 Å². The van der Waals surface area contributed by atoms with Crippen LogP contribution in [0.4, 0.5) is 8.78 Å². The Balaban J connectivity index is 1.85. The number of carboxylic acid groups (broad SMARTS) is 1. The Morgan fingerprint density at radius 3 is 2.50 bits per heavy atom. The van der Waals surface area contributed by atoms with Gasteiger partial charge >= 0.3 is 5.97 Å². The second-order valence-electron chi connectivity index (χ2n) is 4.63. The second-order valence-corrected chi connectivity index (χ2v) is 4.63. The molecule has 98 valence electrons. The van der Waals surface area contributed by atoms with Crippen molar-refractivity contribution >= 4 is 5.97 Å². The van der Waals surface area contributed by atoms with Gasteiger partial charge in [-0.25, -0.2) is 13.6 Å². The van der Waals surface area contributed by atoms with E-state index in [1.54, 1.807) is 17.0 Å². The predicted molar refractivity (Wildman–Crippen MR) is 63.1 cm³/mol. The van der Waals surface area contributed by atoms with Crippen LogP contribution in [0.5, 0.6) is 0 Å². The number of aromatic carboxylic acids is 1. The van der Waals surface area contributed by atoms with E-state index in [-0.39, 0.29) is 18.5 Å². The highest BCUT2D eigenvalue weighted by molar-refractivity contribution is 5.87. The Kier molecular flexibility index (Phi) is 3.61. The van der Waals surface area contributed by atoms with Crippen molar-refractivity contribution in [1.82, 2.24) is 4.90 Å². The molecule has 1 aromatic rings. The third-order valence-electron chi connectivity index (χ3n) is 3.17. The Bertz CT molecular complexity index is 431. The van der Waals surface area contributed by atoms with Crippen molar-refractivity contribution in [3.8, 4) is 0 Å². The van der Waals surface area contributed by atoms with Gasteiger partial charge in [0.15, 0.2) is 0 Å². The first-order valence-electron chi connectivity index (χ1n) is 5.89. The van der Waals surface area contributed by atoms with Crippen molar-refractivity contribution in [2.24, 2.45) is 0 Å². The highest BCUT2D eigenvalue weighted by atomic mass is 19.3. The van der Waals surface area contributed by atoms with Crippen LogP contribution in [0.2, 0.25) is 0 Å². The number of carboxylic acids is 1. The minimum Gasteiger partial charge on any atom is -0.478 e. The van der Waals surface area contributed by atoms with Gasteiger partial charge in [-0.05, 0) is 24.1 Å². The fourth-order valence-electron chi connectivity index (χ4n) is 2.10. The minimum atomic E-state index is -2.55. The van der Waals surface area contributed by atoms with E-state index in [0.29, 0.717) is 19.5 Å². The van der Waals surface area contributed by atoms with Gasteiger partial charge in [0.2, 0.25) is 0 Å². The lowest BCUT2D eigenvalue weighted by Crippen LogP contribution is -2.27. The van der Waals surface area contributed by atoms with E-state index in [0.717, 1.165) is 5.56 Å². The third kappa shape index (κ3) is 3.26. The maximum Gasteiger partial charge on any atom is 0.335 e. The molecule has 0 aliphatic carbocycles. The van der Waals surface area contributed by atoms with Crippen molar-refractivity contribution in [2.45, 2.75) is 18.8 Å². The number of alkyl halides is 2. The first-order chi connectivity index (χ1) is 8.46. The molecule has 1 aromatic carbocycles. The van der Waals surface area contributed by atoms with Crippen molar-refractivity contribution in [3.05, 3.63) is 35.4 Å². The fraction of sp³-hybridized carbons (Fsp3) is 0.462. The molecular weight excluding hydrogens is 240 g/mol. The molecule has 1 saturated heterocycles. The zero-order chi connectivity index (χ0) is 13.2. The smallest absolute Gasteiger partial charge is 0.335 e. The van der Waals surface area contributed by atoms with Crippen LogP contribution in [-0.2, 0) is 6.42 Å². The van der Waals surface area contributed by atoms with E-state index in [1.165, 1.54) is 12.1 Å². The second kappa shape index (κ2) is 5.02. The van der Waals surface area contributed by atoms with Crippen LogP contribution in [0, 0.1) is 0 Å². The highest BCUT2D eigenvalue weighted by Gasteiger charge is 2.37. The lowest BCUT2D eigenvalue weighted by Gasteiger charge is -2.15. The van der Waals surface area contributed by atoms with Crippen LogP contribution in [0.3, 0.4) is 0 Å². The number of likely N-dealkylation sites (tertiary alicyclic amines) is 1. The molecule has 1 fully saturated rings. The molecule has 5 heteroatoms. The van der Waals surface area contributed by atoms with Crippen LogP contribution >= 0.6 is 0 Å². The largest absolute Gasteiger partial charge is 0.478 e. The van der Waals surface area contributed by atoms with Gasteiger partial charge < -0.3 is 5.11 Å². The number of halogens is 2. The summed E-state index contributed by atoms with van der Waals surface area (Å²) in [6.45, 7) is 0.850. The molecular formula is C13H15F2NO2. The van der Waals surface area contributed by atoms with Gasteiger partial charge in [0.05, 0.1) is 12.1 Å². The molecule has 1 aliphatic heterocycles. The van der Waals surface area contributed by atoms with Crippen LogP contribution in [-0.4, -0.2) is 41.5 Å². The van der Waals surface area contributed by atoms with Crippen LogP contribution < -0.4 is 0 Å². The molecule has 0 spiro atoms. The SMILES string of the molecule is O=C(O)c1ccc(CCN2CCC(F)(F)C2)cc1. The van der Waals surface area contributed by atoms with Gasteiger partial charge in [0.25, 0.3) is 5.92 Å². The summed E-state index contributed by atoms with van der Waals surface area (Å²) in [6.07, 6.45) is 0.598. The minimum absolute atomic E-state index is 0.0645. The zero-order valence-corrected chi connectivity index (χ0v) is 9.90. The number of benzene rings is 1. The van der Waals surface area contributed by atoms with Gasteiger partial charge in [0, 0.05) is 19.5 Å². The summed E-state index contributed by atoms with van der Waals surface area (Å²) < 4.78 is 25.9. The summed E-state index contributed by atoms with van der Waals surface area (Å²) in [7, 11) is 0. The van der Waals surface area contributed by atoms with E-state index >= 15 is 0 Å². The molecule has 2 rings (SSSR count). The molecule has 0 radical (unpaired) electrons. The molecule has 0 saturated carbocycles. The summed E-state index contributed by atoms with van der Waals surface area (Å²) in [6, 6.07) is 6.54. The number of rotatable bonds is 4. The third-order valence-corrected chi connectivity index (χ3v) is 3.17. The first kappa shape index (κ1) is 13.0. The zero-order valence-electron chi connectivity index (χ0n) is 9.90. The van der Waals surface area contributed by atoms with Gasteiger partial charge in [-0.15, -0.1) is 0 Å². The molecule has 1 N–H and O–H groups in total. The molecule has 0 aromatic heterocycles. The van der Waals surface area contributed by atoms with Gasteiger partial charge in [-0.1, -0.05) is 12.1 Å². The Hall–Kier alpha value is -1.49. The van der Waals surface area contributed by atoms with E-state index in [2.05, 4.69) is 0 Å². The standard InChI is InChI=1S/C13H15F2NO2/c14-13(15)6-8-16(9-13)7-5-10-1-3-11(4-2-10)12(17)18/h1-4H,5-9H2,(H,17,18). The van der Waals surface area contributed by atoms with Crippen LogP contribution in [0.1, 0.15) is 22.3 Å². The Morgan fingerprint density at radius 1 is 1.33 bits per heavy atom. The van der Waals surface area contributed by atoms with Crippen molar-refractivity contribution in [1.29, 1.82) is 0 Å². The summed E-state index contributed by atoms with van der Waals surface area (Å²) >= 11 is 0. The lowest BCUT2D eigenvalue weighted by molar-refractivity contribution is 0.0123. The van der Waals surface area contributed by atoms with Crippen LogP contribution in [0.25, 0.3) is 0 Å². The fourth-order valence-corrected chi connectivity index (χ4v) is 2.10.